The number of nitrogens with zero attached hydrogens (tertiary/aromatic N) is 1. The molecule has 84 valence electrons. The van der Waals surface area contributed by atoms with Gasteiger partial charge in [-0.15, -0.1) is 0 Å². The lowest BCUT2D eigenvalue weighted by Crippen LogP contribution is -2.39. The summed E-state index contributed by atoms with van der Waals surface area (Å²) in [6.07, 6.45) is 0. The van der Waals surface area contributed by atoms with Gasteiger partial charge in [0.2, 0.25) is 0 Å². The van der Waals surface area contributed by atoms with Crippen LogP contribution in [0.25, 0.3) is 0 Å². The Hall–Kier alpha value is -1.09. The van der Waals surface area contributed by atoms with Gasteiger partial charge in [-0.3, -0.25) is 0 Å². The average molecular weight is 210 g/mol. The lowest BCUT2D eigenvalue weighted by atomic mass is 10.1. The molecule has 0 spiro atoms. The molecule has 0 aliphatic heterocycles. The number of rotatable bonds is 4. The van der Waals surface area contributed by atoms with Crippen molar-refractivity contribution in [2.45, 2.75) is 19.9 Å². The molecule has 0 saturated heterocycles. The van der Waals surface area contributed by atoms with Crippen molar-refractivity contribution in [3.8, 4) is 0 Å². The van der Waals surface area contributed by atoms with Crippen molar-refractivity contribution in [1.29, 1.82) is 0 Å². The monoisotopic (exact) mass is 210 g/mol. The second kappa shape index (κ2) is 5.12. The fourth-order valence-electron chi connectivity index (χ4n) is 1.39. The maximum atomic E-state index is 13.4. The number of anilines is 1. The Morgan fingerprint density at radius 2 is 1.93 bits per heavy atom. The van der Waals surface area contributed by atoms with Crippen LogP contribution >= 0.6 is 0 Å². The molecule has 0 bridgehead atoms. The predicted molar refractivity (Wildman–Crippen MR) is 62.5 cm³/mol. The number of hydrogen-bond donors (Lipinski definition) is 1. The maximum Gasteiger partial charge on any atom is 0.146 e. The molecule has 0 aliphatic rings. The van der Waals surface area contributed by atoms with E-state index in [0.29, 0.717) is 18.2 Å². The van der Waals surface area contributed by atoms with Crippen LogP contribution in [0.4, 0.5) is 10.1 Å². The van der Waals surface area contributed by atoms with Crippen LogP contribution in [0.5, 0.6) is 0 Å². The number of hydrogen-bond acceptors (Lipinski definition) is 2. The van der Waals surface area contributed by atoms with Gasteiger partial charge in [-0.25, -0.2) is 4.39 Å². The van der Waals surface area contributed by atoms with Crippen LogP contribution in [-0.4, -0.2) is 19.6 Å². The lowest BCUT2D eigenvalue weighted by Gasteiger charge is -2.25. The van der Waals surface area contributed by atoms with Crippen molar-refractivity contribution in [1.82, 2.24) is 0 Å². The van der Waals surface area contributed by atoms with Crippen molar-refractivity contribution >= 4 is 5.69 Å². The third-order valence-corrected chi connectivity index (χ3v) is 2.60. The molecule has 0 radical (unpaired) electrons. The normalized spacial score (nSPS) is 12.9. The summed E-state index contributed by atoms with van der Waals surface area (Å²) in [5, 5.41) is 0. The topological polar surface area (TPSA) is 29.3 Å². The van der Waals surface area contributed by atoms with Crippen LogP contribution in [0, 0.1) is 11.7 Å². The Morgan fingerprint density at radius 3 is 2.47 bits per heavy atom. The Kier molecular flexibility index (Phi) is 4.09. The van der Waals surface area contributed by atoms with Crippen LogP contribution in [-0.2, 0) is 0 Å². The van der Waals surface area contributed by atoms with E-state index in [0.717, 1.165) is 0 Å². The molecule has 2 N–H and O–H groups in total. The van der Waals surface area contributed by atoms with Gasteiger partial charge in [0, 0.05) is 19.6 Å². The number of nitrogens with two attached hydrogens (primary N) is 1. The van der Waals surface area contributed by atoms with Crippen molar-refractivity contribution in [3.05, 3.63) is 30.1 Å². The van der Waals surface area contributed by atoms with Crippen LogP contribution in [0.2, 0.25) is 0 Å². The van der Waals surface area contributed by atoms with Gasteiger partial charge >= 0.3 is 0 Å². The summed E-state index contributed by atoms with van der Waals surface area (Å²) >= 11 is 0. The van der Waals surface area contributed by atoms with E-state index in [4.69, 9.17) is 5.73 Å². The molecular formula is C12H19FN2. The molecule has 15 heavy (non-hydrogen) atoms. The Bertz CT molecular complexity index is 312. The first kappa shape index (κ1) is 12.0. The van der Waals surface area contributed by atoms with Crippen molar-refractivity contribution in [2.24, 2.45) is 11.7 Å². The number of likely N-dealkylation sites (N-methyl/N-ethyl adjacent to an activating group) is 1. The molecule has 1 unspecified atom stereocenters. The SMILES string of the molecule is CC(C)C(N)CN(C)c1ccccc1F. The Morgan fingerprint density at radius 1 is 1.33 bits per heavy atom. The standard InChI is InChI=1S/C12H19FN2/c1-9(2)11(14)8-15(3)12-7-5-4-6-10(12)13/h4-7,9,11H,8,14H2,1-3H3. The molecule has 0 amide bonds. The third kappa shape index (κ3) is 3.20. The minimum atomic E-state index is -0.198. The van der Waals surface area contributed by atoms with Gasteiger partial charge in [0.15, 0.2) is 0 Å². The minimum Gasteiger partial charge on any atom is -0.371 e. The second-order valence-corrected chi connectivity index (χ2v) is 4.24. The van der Waals surface area contributed by atoms with E-state index >= 15 is 0 Å². The molecular weight excluding hydrogens is 191 g/mol. The molecule has 0 aliphatic carbocycles. The van der Waals surface area contributed by atoms with E-state index in [1.54, 1.807) is 12.1 Å². The summed E-state index contributed by atoms with van der Waals surface area (Å²) in [4.78, 5) is 1.86. The molecule has 1 aromatic carbocycles. The molecule has 3 heteroatoms. The number of benzene rings is 1. The van der Waals surface area contributed by atoms with Gasteiger partial charge in [-0.2, -0.15) is 0 Å². The van der Waals surface area contributed by atoms with Gasteiger partial charge in [0.25, 0.3) is 0 Å². The Labute approximate surface area is 90.9 Å². The smallest absolute Gasteiger partial charge is 0.146 e. The highest BCUT2D eigenvalue weighted by molar-refractivity contribution is 5.46. The summed E-state index contributed by atoms with van der Waals surface area (Å²) in [5.41, 5.74) is 6.55. The zero-order chi connectivity index (χ0) is 11.4. The average Bonchev–Trinajstić information content (AvgIpc) is 2.18. The maximum absolute atomic E-state index is 13.4. The quantitative estimate of drug-likeness (QED) is 0.825. The molecule has 1 atom stereocenters. The molecule has 0 fully saturated rings. The highest BCUT2D eigenvalue weighted by Gasteiger charge is 2.13. The minimum absolute atomic E-state index is 0.0645. The van der Waals surface area contributed by atoms with Gasteiger partial charge in [0.05, 0.1) is 5.69 Å². The predicted octanol–water partition coefficient (Wildman–Crippen LogP) is 2.25. The molecule has 0 aromatic heterocycles. The largest absolute Gasteiger partial charge is 0.371 e. The summed E-state index contributed by atoms with van der Waals surface area (Å²) in [6.45, 7) is 4.80. The van der Waals surface area contributed by atoms with Gasteiger partial charge in [-0.05, 0) is 18.1 Å². The fourth-order valence-corrected chi connectivity index (χ4v) is 1.39. The third-order valence-electron chi connectivity index (χ3n) is 2.60. The summed E-state index contributed by atoms with van der Waals surface area (Å²) in [5.74, 6) is 0.204. The van der Waals surface area contributed by atoms with Gasteiger partial charge in [0.1, 0.15) is 5.82 Å². The molecule has 1 rings (SSSR count). The van der Waals surface area contributed by atoms with E-state index in [1.165, 1.54) is 6.07 Å². The second-order valence-electron chi connectivity index (χ2n) is 4.24. The van der Waals surface area contributed by atoms with Crippen molar-refractivity contribution in [3.63, 3.8) is 0 Å². The first-order valence-corrected chi connectivity index (χ1v) is 5.23. The zero-order valence-corrected chi connectivity index (χ0v) is 9.57. The van der Waals surface area contributed by atoms with E-state index in [1.807, 2.05) is 18.0 Å². The van der Waals surface area contributed by atoms with Crippen LogP contribution < -0.4 is 10.6 Å². The van der Waals surface area contributed by atoms with Crippen LogP contribution in [0.3, 0.4) is 0 Å². The first-order valence-electron chi connectivity index (χ1n) is 5.23. The molecule has 2 nitrogen and oxygen atoms in total. The van der Waals surface area contributed by atoms with Crippen LogP contribution in [0.15, 0.2) is 24.3 Å². The summed E-state index contributed by atoms with van der Waals surface area (Å²) in [6, 6.07) is 6.81. The van der Waals surface area contributed by atoms with E-state index in [2.05, 4.69) is 13.8 Å². The van der Waals surface area contributed by atoms with E-state index in [9.17, 15) is 4.39 Å². The van der Waals surface area contributed by atoms with Gasteiger partial charge in [-0.1, -0.05) is 26.0 Å². The van der Waals surface area contributed by atoms with E-state index < -0.39 is 0 Å². The lowest BCUT2D eigenvalue weighted by molar-refractivity contribution is 0.490. The zero-order valence-electron chi connectivity index (χ0n) is 9.57. The van der Waals surface area contributed by atoms with Crippen LogP contribution in [0.1, 0.15) is 13.8 Å². The summed E-state index contributed by atoms with van der Waals surface area (Å²) < 4.78 is 13.4. The fraction of sp³-hybridized carbons (Fsp3) is 0.500. The molecule has 0 saturated carbocycles. The Balaban J connectivity index is 2.69. The number of para-hydroxylation sites is 1. The molecule has 0 heterocycles. The van der Waals surface area contributed by atoms with Gasteiger partial charge < -0.3 is 10.6 Å². The van der Waals surface area contributed by atoms with Crippen molar-refractivity contribution < 1.29 is 4.39 Å². The van der Waals surface area contributed by atoms with Crippen molar-refractivity contribution in [2.75, 3.05) is 18.5 Å². The summed E-state index contributed by atoms with van der Waals surface area (Å²) in [7, 11) is 1.86. The number of halogens is 1. The van der Waals surface area contributed by atoms with E-state index in [-0.39, 0.29) is 11.9 Å². The highest BCUT2D eigenvalue weighted by Crippen LogP contribution is 2.17. The highest BCUT2D eigenvalue weighted by atomic mass is 19.1. The first-order chi connectivity index (χ1) is 7.02. The molecule has 1 aromatic rings.